The van der Waals surface area contributed by atoms with E-state index >= 15 is 0 Å². The molecule has 0 aromatic carbocycles. The van der Waals surface area contributed by atoms with E-state index in [-0.39, 0.29) is 0 Å². The van der Waals surface area contributed by atoms with Crippen molar-refractivity contribution in [3.05, 3.63) is 0 Å². The van der Waals surface area contributed by atoms with Crippen LogP contribution in [0.1, 0.15) is 12.8 Å². The Bertz CT molecular complexity index is 107. The van der Waals surface area contributed by atoms with Crippen molar-refractivity contribution in [2.45, 2.75) is 12.8 Å². The van der Waals surface area contributed by atoms with Gasteiger partial charge in [-0.3, -0.25) is 0 Å². The fourth-order valence-corrected chi connectivity index (χ4v) is 1.70. The summed E-state index contributed by atoms with van der Waals surface area (Å²) in [5.41, 5.74) is 0. The molecule has 0 aliphatic carbocycles. The van der Waals surface area contributed by atoms with E-state index in [0.717, 1.165) is 19.7 Å². The van der Waals surface area contributed by atoms with E-state index in [1.54, 1.807) is 0 Å². The van der Waals surface area contributed by atoms with Crippen LogP contribution in [-0.2, 0) is 3.07 Å². The monoisotopic (exact) mass is 284 g/mol. The zero-order valence-electron chi connectivity index (χ0n) is 7.39. The molecular formula is C8H17IN2O. The van der Waals surface area contributed by atoms with Gasteiger partial charge in [0.1, 0.15) is 23.0 Å². The van der Waals surface area contributed by atoms with Crippen LogP contribution in [0.25, 0.3) is 0 Å². The van der Waals surface area contributed by atoms with Crippen LogP contribution in [0.15, 0.2) is 0 Å². The molecule has 72 valence electrons. The van der Waals surface area contributed by atoms with Crippen LogP contribution in [0.5, 0.6) is 0 Å². The van der Waals surface area contributed by atoms with Crippen LogP contribution in [0, 0.1) is 0 Å². The third kappa shape index (κ3) is 4.59. The van der Waals surface area contributed by atoms with Gasteiger partial charge in [0.25, 0.3) is 0 Å². The van der Waals surface area contributed by atoms with Crippen molar-refractivity contribution in [2.24, 2.45) is 0 Å². The summed E-state index contributed by atoms with van der Waals surface area (Å²) >= 11 is 1.93. The second-order valence-electron chi connectivity index (χ2n) is 3.11. The predicted molar refractivity (Wildman–Crippen MR) is 58.5 cm³/mol. The highest BCUT2D eigenvalue weighted by molar-refractivity contribution is 14.1. The summed E-state index contributed by atoms with van der Waals surface area (Å²) in [5.74, 6) is 0. The Morgan fingerprint density at radius 1 is 1.25 bits per heavy atom. The molecule has 1 rings (SSSR count). The van der Waals surface area contributed by atoms with E-state index < -0.39 is 0 Å². The molecule has 0 radical (unpaired) electrons. The molecule has 0 unspecified atom stereocenters. The van der Waals surface area contributed by atoms with Crippen molar-refractivity contribution < 1.29 is 3.07 Å². The maximum absolute atomic E-state index is 4.91. The van der Waals surface area contributed by atoms with Crippen LogP contribution in [-0.4, -0.2) is 44.2 Å². The Morgan fingerprint density at radius 2 is 2.00 bits per heavy atom. The second-order valence-corrected chi connectivity index (χ2v) is 3.73. The Morgan fingerprint density at radius 3 is 2.67 bits per heavy atom. The van der Waals surface area contributed by atoms with Gasteiger partial charge < -0.3 is 13.3 Å². The summed E-state index contributed by atoms with van der Waals surface area (Å²) in [7, 11) is 0. The van der Waals surface area contributed by atoms with Crippen LogP contribution in [0.3, 0.4) is 0 Å². The summed E-state index contributed by atoms with van der Waals surface area (Å²) in [6.07, 6.45) is 2.77. The standard InChI is InChI=1S/C8H17IN2O/c9-12-8-4-10-3-7-11-5-1-2-6-11/h10H,1-8H2. The molecule has 4 heteroatoms. The van der Waals surface area contributed by atoms with Crippen molar-refractivity contribution in [3.63, 3.8) is 0 Å². The van der Waals surface area contributed by atoms with Crippen molar-refractivity contribution >= 4 is 23.0 Å². The molecule has 0 atom stereocenters. The highest BCUT2D eigenvalue weighted by atomic mass is 127. The average molecular weight is 284 g/mol. The number of nitrogens with one attached hydrogen (secondary N) is 1. The summed E-state index contributed by atoms with van der Waals surface area (Å²) < 4.78 is 4.91. The largest absolute Gasteiger partial charge is 0.314 e. The fourth-order valence-electron chi connectivity index (χ4n) is 1.48. The van der Waals surface area contributed by atoms with Crippen LogP contribution >= 0.6 is 23.0 Å². The molecule has 1 aliphatic heterocycles. The lowest BCUT2D eigenvalue weighted by molar-refractivity contribution is 0.329. The van der Waals surface area contributed by atoms with E-state index in [1.807, 2.05) is 23.0 Å². The van der Waals surface area contributed by atoms with Gasteiger partial charge in [-0.25, -0.2) is 0 Å². The normalized spacial score (nSPS) is 18.8. The van der Waals surface area contributed by atoms with Gasteiger partial charge in [0.2, 0.25) is 0 Å². The van der Waals surface area contributed by atoms with Crippen molar-refractivity contribution in [1.29, 1.82) is 0 Å². The van der Waals surface area contributed by atoms with E-state index in [9.17, 15) is 0 Å². The molecule has 0 amide bonds. The molecule has 3 nitrogen and oxygen atoms in total. The second kappa shape index (κ2) is 7.06. The maximum Gasteiger partial charge on any atom is 0.109 e. The van der Waals surface area contributed by atoms with Gasteiger partial charge in [-0.2, -0.15) is 0 Å². The predicted octanol–water partition coefficient (Wildman–Crippen LogP) is 1.04. The van der Waals surface area contributed by atoms with Crippen LogP contribution in [0.4, 0.5) is 0 Å². The van der Waals surface area contributed by atoms with Crippen molar-refractivity contribution in [1.82, 2.24) is 10.2 Å². The van der Waals surface area contributed by atoms with Gasteiger partial charge in [0.05, 0.1) is 6.61 Å². The van der Waals surface area contributed by atoms with Gasteiger partial charge in [0, 0.05) is 19.6 Å². The zero-order valence-corrected chi connectivity index (χ0v) is 9.55. The fraction of sp³-hybridized carbons (Fsp3) is 1.00. The van der Waals surface area contributed by atoms with Crippen molar-refractivity contribution in [3.8, 4) is 0 Å². The minimum Gasteiger partial charge on any atom is -0.314 e. The molecule has 0 spiro atoms. The molecule has 0 saturated carbocycles. The molecule has 1 aliphatic rings. The molecule has 0 aromatic heterocycles. The smallest absolute Gasteiger partial charge is 0.109 e. The number of hydrogen-bond acceptors (Lipinski definition) is 3. The number of rotatable bonds is 6. The van der Waals surface area contributed by atoms with E-state index in [4.69, 9.17) is 3.07 Å². The number of hydrogen-bond donors (Lipinski definition) is 1. The van der Waals surface area contributed by atoms with Gasteiger partial charge in [-0.1, -0.05) is 0 Å². The SMILES string of the molecule is IOCCNCCN1CCCC1. The topological polar surface area (TPSA) is 24.5 Å². The number of likely N-dealkylation sites (tertiary alicyclic amines) is 1. The highest BCUT2D eigenvalue weighted by Gasteiger charge is 2.09. The first kappa shape index (κ1) is 10.7. The Hall–Kier alpha value is 0.610. The quantitative estimate of drug-likeness (QED) is 0.582. The van der Waals surface area contributed by atoms with E-state index in [0.29, 0.717) is 0 Å². The third-order valence-corrected chi connectivity index (χ3v) is 2.60. The molecule has 12 heavy (non-hydrogen) atoms. The van der Waals surface area contributed by atoms with Crippen LogP contribution in [0.2, 0.25) is 0 Å². The first-order valence-electron chi connectivity index (χ1n) is 4.60. The summed E-state index contributed by atoms with van der Waals surface area (Å²) in [5, 5.41) is 3.34. The summed E-state index contributed by atoms with van der Waals surface area (Å²) in [4.78, 5) is 2.51. The first-order chi connectivity index (χ1) is 5.93. The Balaban J connectivity index is 1.81. The lowest BCUT2D eigenvalue weighted by Gasteiger charge is -2.14. The highest BCUT2D eigenvalue weighted by Crippen LogP contribution is 2.05. The lowest BCUT2D eigenvalue weighted by atomic mass is 10.4. The van der Waals surface area contributed by atoms with E-state index in [2.05, 4.69) is 10.2 Å². The average Bonchev–Trinajstić information content (AvgIpc) is 2.57. The molecule has 0 bridgehead atoms. The first-order valence-corrected chi connectivity index (χ1v) is 5.48. The van der Waals surface area contributed by atoms with Crippen LogP contribution < -0.4 is 5.32 Å². The van der Waals surface area contributed by atoms with Gasteiger partial charge in [-0.05, 0) is 25.9 Å². The van der Waals surface area contributed by atoms with Crippen molar-refractivity contribution in [2.75, 3.05) is 39.3 Å². The maximum atomic E-state index is 4.91. The molecule has 1 fully saturated rings. The number of nitrogens with zero attached hydrogens (tertiary/aromatic N) is 1. The molecule has 1 saturated heterocycles. The minimum absolute atomic E-state index is 0.806. The zero-order chi connectivity index (χ0) is 8.65. The molecular weight excluding hydrogens is 267 g/mol. The lowest BCUT2D eigenvalue weighted by Crippen LogP contribution is -2.31. The summed E-state index contributed by atoms with van der Waals surface area (Å²) in [6.45, 7) is 6.66. The Kier molecular flexibility index (Phi) is 6.29. The van der Waals surface area contributed by atoms with Gasteiger partial charge in [-0.15, -0.1) is 0 Å². The molecule has 1 heterocycles. The summed E-state index contributed by atoms with van der Waals surface area (Å²) in [6, 6.07) is 0. The number of halogens is 1. The van der Waals surface area contributed by atoms with Gasteiger partial charge in [0.15, 0.2) is 0 Å². The van der Waals surface area contributed by atoms with Gasteiger partial charge >= 0.3 is 0 Å². The van der Waals surface area contributed by atoms with E-state index in [1.165, 1.54) is 32.5 Å². The molecule has 1 N–H and O–H groups in total. The minimum atomic E-state index is 0.806. The molecule has 0 aromatic rings. The third-order valence-electron chi connectivity index (χ3n) is 2.16. The Labute approximate surface area is 88.5 Å².